The van der Waals surface area contributed by atoms with Gasteiger partial charge in [-0.25, -0.2) is 9.37 Å². The van der Waals surface area contributed by atoms with Crippen molar-refractivity contribution in [3.8, 4) is 0 Å². The highest BCUT2D eigenvalue weighted by Crippen LogP contribution is 2.13. The Labute approximate surface area is 89.1 Å². The maximum absolute atomic E-state index is 12.3. The van der Waals surface area contributed by atoms with Crippen molar-refractivity contribution in [2.75, 3.05) is 11.1 Å². The van der Waals surface area contributed by atoms with Crippen LogP contribution in [-0.2, 0) is 6.67 Å². The summed E-state index contributed by atoms with van der Waals surface area (Å²) in [6, 6.07) is 0.251. The monoisotopic (exact) mass is 212 g/mol. The standard InChI is InChI=1S/C10H17FN4/c1-6(2)7(3)14-10-13-5-8(4-11)9(12)15-10/h5-7H,4H2,1-3H3,(H3,12,13,14,15). The largest absolute Gasteiger partial charge is 0.383 e. The molecule has 1 aromatic heterocycles. The number of nitrogen functional groups attached to an aromatic ring is 1. The zero-order chi connectivity index (χ0) is 11.4. The molecule has 0 saturated heterocycles. The van der Waals surface area contributed by atoms with E-state index >= 15 is 0 Å². The molecular formula is C10H17FN4. The van der Waals surface area contributed by atoms with E-state index in [1.165, 1.54) is 6.20 Å². The fourth-order valence-corrected chi connectivity index (χ4v) is 0.963. The van der Waals surface area contributed by atoms with E-state index < -0.39 is 6.67 Å². The highest BCUT2D eigenvalue weighted by atomic mass is 19.1. The third-order valence-electron chi connectivity index (χ3n) is 2.40. The Morgan fingerprint density at radius 3 is 2.60 bits per heavy atom. The second-order valence-corrected chi connectivity index (χ2v) is 3.91. The van der Waals surface area contributed by atoms with Crippen LogP contribution < -0.4 is 11.1 Å². The van der Waals surface area contributed by atoms with E-state index in [2.05, 4.69) is 29.1 Å². The Bertz CT molecular complexity index is 327. The van der Waals surface area contributed by atoms with Crippen LogP contribution >= 0.6 is 0 Å². The van der Waals surface area contributed by atoms with Gasteiger partial charge >= 0.3 is 0 Å². The fourth-order valence-electron chi connectivity index (χ4n) is 0.963. The predicted octanol–water partition coefficient (Wildman–Crippen LogP) is 1.98. The molecule has 0 aromatic carbocycles. The van der Waals surface area contributed by atoms with E-state index in [9.17, 15) is 4.39 Å². The van der Waals surface area contributed by atoms with E-state index in [0.29, 0.717) is 17.4 Å². The molecule has 1 unspecified atom stereocenters. The van der Waals surface area contributed by atoms with Gasteiger partial charge in [-0.15, -0.1) is 0 Å². The van der Waals surface area contributed by atoms with Crippen molar-refractivity contribution in [1.82, 2.24) is 9.97 Å². The summed E-state index contributed by atoms with van der Waals surface area (Å²) in [6.07, 6.45) is 1.41. The Balaban J connectivity index is 2.75. The minimum absolute atomic E-state index is 0.200. The van der Waals surface area contributed by atoms with Gasteiger partial charge in [-0.05, 0) is 12.8 Å². The quantitative estimate of drug-likeness (QED) is 0.801. The number of alkyl halides is 1. The average Bonchev–Trinajstić information content (AvgIpc) is 2.18. The molecule has 1 heterocycles. The molecule has 0 aliphatic heterocycles. The summed E-state index contributed by atoms with van der Waals surface area (Å²) in [7, 11) is 0. The van der Waals surface area contributed by atoms with Crippen molar-refractivity contribution in [1.29, 1.82) is 0 Å². The normalized spacial score (nSPS) is 12.9. The van der Waals surface area contributed by atoms with Gasteiger partial charge in [-0.2, -0.15) is 4.98 Å². The SMILES string of the molecule is CC(C)C(C)Nc1ncc(CF)c(N)n1. The summed E-state index contributed by atoms with van der Waals surface area (Å²) in [5.74, 6) is 1.12. The number of hydrogen-bond acceptors (Lipinski definition) is 4. The molecule has 1 rings (SSSR count). The van der Waals surface area contributed by atoms with Crippen molar-refractivity contribution < 1.29 is 4.39 Å². The van der Waals surface area contributed by atoms with Crippen LogP contribution in [0.15, 0.2) is 6.20 Å². The molecule has 0 radical (unpaired) electrons. The van der Waals surface area contributed by atoms with Crippen LogP contribution in [0.5, 0.6) is 0 Å². The van der Waals surface area contributed by atoms with Crippen molar-refractivity contribution in [2.24, 2.45) is 5.92 Å². The van der Waals surface area contributed by atoms with E-state index in [-0.39, 0.29) is 11.9 Å². The molecule has 3 N–H and O–H groups in total. The molecule has 0 fully saturated rings. The van der Waals surface area contributed by atoms with E-state index in [0.717, 1.165) is 0 Å². The van der Waals surface area contributed by atoms with Gasteiger partial charge in [0, 0.05) is 17.8 Å². The first-order chi connectivity index (χ1) is 7.04. The van der Waals surface area contributed by atoms with Crippen LogP contribution in [0.1, 0.15) is 26.3 Å². The second kappa shape index (κ2) is 4.91. The highest BCUT2D eigenvalue weighted by Gasteiger charge is 2.09. The van der Waals surface area contributed by atoms with Crippen LogP contribution in [-0.4, -0.2) is 16.0 Å². The first-order valence-electron chi connectivity index (χ1n) is 4.98. The fraction of sp³-hybridized carbons (Fsp3) is 0.600. The molecule has 0 amide bonds. The maximum Gasteiger partial charge on any atom is 0.224 e. The lowest BCUT2D eigenvalue weighted by molar-refractivity contribution is 0.484. The number of nitrogens with one attached hydrogen (secondary N) is 1. The number of nitrogens with zero attached hydrogens (tertiary/aromatic N) is 2. The van der Waals surface area contributed by atoms with Gasteiger partial charge in [0.2, 0.25) is 5.95 Å². The third-order valence-corrected chi connectivity index (χ3v) is 2.40. The van der Waals surface area contributed by atoms with Crippen molar-refractivity contribution in [3.63, 3.8) is 0 Å². The second-order valence-electron chi connectivity index (χ2n) is 3.91. The van der Waals surface area contributed by atoms with Crippen molar-refractivity contribution >= 4 is 11.8 Å². The van der Waals surface area contributed by atoms with E-state index in [1.54, 1.807) is 0 Å². The number of hydrogen-bond donors (Lipinski definition) is 2. The van der Waals surface area contributed by atoms with Crippen LogP contribution in [0, 0.1) is 5.92 Å². The lowest BCUT2D eigenvalue weighted by Crippen LogP contribution is -2.23. The summed E-state index contributed by atoms with van der Waals surface area (Å²) in [4.78, 5) is 7.97. The molecule has 0 saturated carbocycles. The topological polar surface area (TPSA) is 63.8 Å². The molecule has 0 bridgehead atoms. The number of anilines is 2. The predicted molar refractivity (Wildman–Crippen MR) is 59.2 cm³/mol. The summed E-state index contributed by atoms with van der Waals surface area (Å²) >= 11 is 0. The molecule has 15 heavy (non-hydrogen) atoms. The van der Waals surface area contributed by atoms with Gasteiger partial charge in [-0.1, -0.05) is 13.8 Å². The van der Waals surface area contributed by atoms with Crippen LogP contribution in [0.2, 0.25) is 0 Å². The zero-order valence-corrected chi connectivity index (χ0v) is 9.29. The number of rotatable bonds is 4. The maximum atomic E-state index is 12.3. The molecular weight excluding hydrogens is 195 g/mol. The lowest BCUT2D eigenvalue weighted by Gasteiger charge is -2.17. The first-order valence-corrected chi connectivity index (χ1v) is 4.98. The molecule has 0 aliphatic rings. The van der Waals surface area contributed by atoms with Crippen molar-refractivity contribution in [3.05, 3.63) is 11.8 Å². The molecule has 4 nitrogen and oxygen atoms in total. The van der Waals surface area contributed by atoms with E-state index in [1.807, 2.05) is 6.92 Å². The van der Waals surface area contributed by atoms with E-state index in [4.69, 9.17) is 5.73 Å². The molecule has 5 heteroatoms. The van der Waals surface area contributed by atoms with Gasteiger partial charge in [-0.3, -0.25) is 0 Å². The minimum atomic E-state index is -0.633. The zero-order valence-electron chi connectivity index (χ0n) is 9.29. The Morgan fingerprint density at radius 1 is 1.47 bits per heavy atom. The number of aromatic nitrogens is 2. The van der Waals surface area contributed by atoms with Gasteiger partial charge in [0.1, 0.15) is 12.5 Å². The van der Waals surface area contributed by atoms with Crippen LogP contribution in [0.25, 0.3) is 0 Å². The average molecular weight is 212 g/mol. The first kappa shape index (κ1) is 11.7. The molecule has 0 aliphatic carbocycles. The van der Waals surface area contributed by atoms with Crippen molar-refractivity contribution in [2.45, 2.75) is 33.5 Å². The molecule has 84 valence electrons. The van der Waals surface area contributed by atoms with Gasteiger partial charge < -0.3 is 11.1 Å². The summed E-state index contributed by atoms with van der Waals surface area (Å²) in [5.41, 5.74) is 5.88. The number of halogens is 1. The molecule has 1 aromatic rings. The van der Waals surface area contributed by atoms with Gasteiger partial charge in [0.25, 0.3) is 0 Å². The Morgan fingerprint density at radius 2 is 2.13 bits per heavy atom. The van der Waals surface area contributed by atoms with Crippen LogP contribution in [0.3, 0.4) is 0 Å². The third kappa shape index (κ3) is 3.04. The number of nitrogens with two attached hydrogens (primary N) is 1. The van der Waals surface area contributed by atoms with Crippen LogP contribution in [0.4, 0.5) is 16.2 Å². The smallest absolute Gasteiger partial charge is 0.224 e. The molecule has 0 spiro atoms. The molecule has 1 atom stereocenters. The summed E-state index contributed by atoms with van der Waals surface area (Å²) < 4.78 is 12.3. The highest BCUT2D eigenvalue weighted by molar-refractivity contribution is 5.42. The Hall–Kier alpha value is -1.39. The van der Waals surface area contributed by atoms with Gasteiger partial charge in [0.05, 0.1) is 0 Å². The summed E-state index contributed by atoms with van der Waals surface area (Å²) in [6.45, 7) is 5.59. The Kier molecular flexibility index (Phi) is 3.82. The summed E-state index contributed by atoms with van der Waals surface area (Å²) in [5, 5.41) is 3.11. The van der Waals surface area contributed by atoms with Gasteiger partial charge in [0.15, 0.2) is 0 Å². The lowest BCUT2D eigenvalue weighted by atomic mass is 10.1. The minimum Gasteiger partial charge on any atom is -0.383 e.